The third-order valence-corrected chi connectivity index (χ3v) is 4.20. The first-order valence-electron chi connectivity index (χ1n) is 6.31. The Morgan fingerprint density at radius 2 is 2.00 bits per heavy atom. The molecule has 0 heterocycles. The molecule has 5 heteroatoms. The molecule has 0 amide bonds. The predicted molar refractivity (Wildman–Crippen MR) is 85.6 cm³/mol. The zero-order valence-corrected chi connectivity index (χ0v) is 14.9. The van der Waals surface area contributed by atoms with Crippen LogP contribution in [0, 0.1) is 0 Å². The van der Waals surface area contributed by atoms with Crippen molar-refractivity contribution in [3.8, 4) is 5.75 Å². The Kier molecular flexibility index (Phi) is 6.30. The third-order valence-electron chi connectivity index (χ3n) is 3.15. The summed E-state index contributed by atoms with van der Waals surface area (Å²) in [6.45, 7) is 8.95. The molecule has 1 unspecified atom stereocenters. The number of nitrogens with one attached hydrogen (secondary N) is 1. The van der Waals surface area contributed by atoms with E-state index in [1.165, 1.54) is 0 Å². The van der Waals surface area contributed by atoms with Crippen molar-refractivity contribution in [1.82, 2.24) is 5.32 Å². The molecule has 1 aromatic rings. The van der Waals surface area contributed by atoms with E-state index >= 15 is 0 Å². The molecule has 0 aliphatic heterocycles. The number of benzene rings is 1. The molecule has 0 aliphatic carbocycles. The van der Waals surface area contributed by atoms with Crippen molar-refractivity contribution in [2.45, 2.75) is 45.9 Å². The zero-order valence-electron chi connectivity index (χ0n) is 11.8. The summed E-state index contributed by atoms with van der Waals surface area (Å²) in [4.78, 5) is 0. The van der Waals surface area contributed by atoms with E-state index in [0.29, 0.717) is 13.2 Å². The van der Waals surface area contributed by atoms with E-state index in [1.807, 2.05) is 32.9 Å². The smallest absolute Gasteiger partial charge is 0.138 e. The van der Waals surface area contributed by atoms with Crippen molar-refractivity contribution in [3.63, 3.8) is 0 Å². The SMILES string of the molecule is CCOc1c(Br)cc(Br)cc1CNC(C)(C)C(C)O. The van der Waals surface area contributed by atoms with Crippen LogP contribution in [0.4, 0.5) is 0 Å². The van der Waals surface area contributed by atoms with Gasteiger partial charge in [0.1, 0.15) is 5.75 Å². The normalized spacial score (nSPS) is 13.4. The van der Waals surface area contributed by atoms with Gasteiger partial charge in [-0.05, 0) is 55.8 Å². The summed E-state index contributed by atoms with van der Waals surface area (Å²) >= 11 is 7.00. The van der Waals surface area contributed by atoms with Gasteiger partial charge < -0.3 is 15.2 Å². The molecule has 108 valence electrons. The summed E-state index contributed by atoms with van der Waals surface area (Å²) in [5.41, 5.74) is 0.704. The second-order valence-corrected chi connectivity index (χ2v) is 6.83. The summed E-state index contributed by atoms with van der Waals surface area (Å²) in [7, 11) is 0. The van der Waals surface area contributed by atoms with Crippen LogP contribution < -0.4 is 10.1 Å². The number of hydrogen-bond acceptors (Lipinski definition) is 3. The Bertz CT molecular complexity index is 434. The van der Waals surface area contributed by atoms with Crippen LogP contribution in [-0.4, -0.2) is 23.4 Å². The zero-order chi connectivity index (χ0) is 14.6. The van der Waals surface area contributed by atoms with Crippen molar-refractivity contribution in [2.75, 3.05) is 6.61 Å². The molecule has 1 atom stereocenters. The van der Waals surface area contributed by atoms with Gasteiger partial charge in [0.05, 0.1) is 17.2 Å². The minimum Gasteiger partial charge on any atom is -0.492 e. The average molecular weight is 395 g/mol. The molecule has 0 spiro atoms. The quantitative estimate of drug-likeness (QED) is 0.769. The first-order chi connectivity index (χ1) is 8.77. The topological polar surface area (TPSA) is 41.5 Å². The molecule has 0 bridgehead atoms. The van der Waals surface area contributed by atoms with Crippen LogP contribution in [0.25, 0.3) is 0 Å². The largest absolute Gasteiger partial charge is 0.492 e. The summed E-state index contributed by atoms with van der Waals surface area (Å²) in [5, 5.41) is 13.1. The fraction of sp³-hybridized carbons (Fsp3) is 0.571. The predicted octanol–water partition coefficient (Wildman–Crippen LogP) is 3.86. The molecule has 2 N–H and O–H groups in total. The second-order valence-electron chi connectivity index (χ2n) is 5.06. The van der Waals surface area contributed by atoms with Crippen molar-refractivity contribution in [1.29, 1.82) is 0 Å². The van der Waals surface area contributed by atoms with Gasteiger partial charge in [0.25, 0.3) is 0 Å². The Balaban J connectivity index is 2.94. The van der Waals surface area contributed by atoms with Gasteiger partial charge in [0, 0.05) is 22.1 Å². The molecule has 0 saturated carbocycles. The lowest BCUT2D eigenvalue weighted by atomic mass is 9.98. The van der Waals surface area contributed by atoms with Gasteiger partial charge >= 0.3 is 0 Å². The maximum atomic E-state index is 9.73. The lowest BCUT2D eigenvalue weighted by Gasteiger charge is -2.30. The van der Waals surface area contributed by atoms with Crippen LogP contribution >= 0.6 is 31.9 Å². The summed E-state index contributed by atoms with van der Waals surface area (Å²) in [5.74, 6) is 0.847. The number of aliphatic hydroxyl groups excluding tert-OH is 1. The van der Waals surface area contributed by atoms with Gasteiger partial charge in [0.15, 0.2) is 0 Å². The van der Waals surface area contributed by atoms with Gasteiger partial charge in [-0.1, -0.05) is 15.9 Å². The average Bonchev–Trinajstić information content (AvgIpc) is 2.30. The molecule has 1 rings (SSSR count). The number of halogens is 2. The van der Waals surface area contributed by atoms with Crippen molar-refractivity contribution in [3.05, 3.63) is 26.6 Å². The minimum absolute atomic E-state index is 0.349. The molecule has 0 aliphatic rings. The van der Waals surface area contributed by atoms with E-state index in [0.717, 1.165) is 20.3 Å². The molecular weight excluding hydrogens is 374 g/mol. The van der Waals surface area contributed by atoms with Crippen LogP contribution in [-0.2, 0) is 6.54 Å². The first kappa shape index (κ1) is 17.0. The maximum Gasteiger partial charge on any atom is 0.138 e. The van der Waals surface area contributed by atoms with Gasteiger partial charge in [0.2, 0.25) is 0 Å². The maximum absolute atomic E-state index is 9.73. The van der Waals surface area contributed by atoms with Crippen LogP contribution in [0.15, 0.2) is 21.1 Å². The fourth-order valence-corrected chi connectivity index (χ4v) is 2.95. The van der Waals surface area contributed by atoms with E-state index in [-0.39, 0.29) is 5.54 Å². The Hall–Kier alpha value is -0.100. The van der Waals surface area contributed by atoms with E-state index in [9.17, 15) is 5.11 Å². The third kappa shape index (κ3) is 4.74. The van der Waals surface area contributed by atoms with Crippen molar-refractivity contribution >= 4 is 31.9 Å². The van der Waals surface area contributed by atoms with Gasteiger partial charge in [-0.15, -0.1) is 0 Å². The fourth-order valence-electron chi connectivity index (χ4n) is 1.52. The van der Waals surface area contributed by atoms with Crippen molar-refractivity contribution < 1.29 is 9.84 Å². The Morgan fingerprint density at radius 3 is 2.53 bits per heavy atom. The van der Waals surface area contributed by atoms with E-state index in [1.54, 1.807) is 6.92 Å². The lowest BCUT2D eigenvalue weighted by molar-refractivity contribution is 0.0954. The lowest BCUT2D eigenvalue weighted by Crippen LogP contribution is -2.47. The standard InChI is InChI=1S/C14H21Br2NO2/c1-5-19-13-10(6-11(15)7-12(13)16)8-17-14(3,4)9(2)18/h6-7,9,17-18H,5,8H2,1-4H3. The first-order valence-corrected chi connectivity index (χ1v) is 7.90. The molecule has 0 fully saturated rings. The van der Waals surface area contributed by atoms with Crippen molar-refractivity contribution in [2.24, 2.45) is 0 Å². The monoisotopic (exact) mass is 393 g/mol. The van der Waals surface area contributed by atoms with Crippen LogP contribution in [0.3, 0.4) is 0 Å². The number of rotatable bonds is 6. The van der Waals surface area contributed by atoms with Gasteiger partial charge in [-0.25, -0.2) is 0 Å². The molecule has 19 heavy (non-hydrogen) atoms. The Labute approximate surface area is 132 Å². The molecule has 0 radical (unpaired) electrons. The highest BCUT2D eigenvalue weighted by Crippen LogP contribution is 2.33. The second kappa shape index (κ2) is 7.07. The highest BCUT2D eigenvalue weighted by atomic mass is 79.9. The summed E-state index contributed by atoms with van der Waals surface area (Å²) < 4.78 is 7.60. The van der Waals surface area contributed by atoms with Crippen LogP contribution in [0.2, 0.25) is 0 Å². The van der Waals surface area contributed by atoms with Crippen LogP contribution in [0.1, 0.15) is 33.3 Å². The molecular formula is C14H21Br2NO2. The highest BCUT2D eigenvalue weighted by Gasteiger charge is 2.23. The number of hydrogen-bond donors (Lipinski definition) is 2. The molecule has 1 aromatic carbocycles. The van der Waals surface area contributed by atoms with E-state index in [2.05, 4.69) is 37.2 Å². The summed E-state index contributed by atoms with van der Waals surface area (Å²) in [6, 6.07) is 4.00. The molecule has 0 saturated heterocycles. The van der Waals surface area contributed by atoms with Crippen LogP contribution in [0.5, 0.6) is 5.75 Å². The Morgan fingerprint density at radius 1 is 1.37 bits per heavy atom. The van der Waals surface area contributed by atoms with E-state index in [4.69, 9.17) is 4.74 Å². The summed E-state index contributed by atoms with van der Waals surface area (Å²) in [6.07, 6.45) is -0.432. The molecule has 0 aromatic heterocycles. The van der Waals surface area contributed by atoms with Gasteiger partial charge in [-0.2, -0.15) is 0 Å². The number of aliphatic hydroxyl groups is 1. The highest BCUT2D eigenvalue weighted by molar-refractivity contribution is 9.11. The van der Waals surface area contributed by atoms with E-state index < -0.39 is 6.10 Å². The minimum atomic E-state index is -0.432. The van der Waals surface area contributed by atoms with Gasteiger partial charge in [-0.3, -0.25) is 0 Å². The molecule has 3 nitrogen and oxygen atoms in total. The number of ether oxygens (including phenoxy) is 1.